The van der Waals surface area contributed by atoms with Crippen LogP contribution in [0.5, 0.6) is 11.5 Å². The van der Waals surface area contributed by atoms with Crippen molar-refractivity contribution in [1.82, 2.24) is 0 Å². The zero-order valence-corrected chi connectivity index (χ0v) is 16.5. The van der Waals surface area contributed by atoms with Crippen LogP contribution in [-0.2, 0) is 6.61 Å². The molecule has 5 heteroatoms. The molecule has 0 bridgehead atoms. The summed E-state index contributed by atoms with van der Waals surface area (Å²) in [6.07, 6.45) is 1.94. The van der Waals surface area contributed by atoms with Crippen LogP contribution in [0.4, 0.5) is 13.2 Å². The number of halogens is 3. The molecule has 29 heavy (non-hydrogen) atoms. The molecular formula is C24H23F3O2. The van der Waals surface area contributed by atoms with E-state index in [0.29, 0.717) is 23.5 Å². The van der Waals surface area contributed by atoms with E-state index < -0.39 is 11.6 Å². The van der Waals surface area contributed by atoms with E-state index in [1.165, 1.54) is 25.1 Å². The van der Waals surface area contributed by atoms with Gasteiger partial charge in [0.2, 0.25) is 5.82 Å². The molecule has 0 fully saturated rings. The smallest absolute Gasteiger partial charge is 0.200 e. The van der Waals surface area contributed by atoms with Crippen molar-refractivity contribution in [2.75, 3.05) is 6.61 Å². The number of hydrogen-bond donors (Lipinski definition) is 0. The van der Waals surface area contributed by atoms with Crippen molar-refractivity contribution in [2.24, 2.45) is 0 Å². The first-order valence-electron chi connectivity index (χ1n) is 9.58. The molecule has 3 aromatic rings. The summed E-state index contributed by atoms with van der Waals surface area (Å²) in [5.41, 5.74) is 2.16. The SMILES string of the molecule is CCCCOc1ccc(-c2ccc(COc3ccc(C)c(F)c3F)cc2)c(F)c1. The van der Waals surface area contributed by atoms with E-state index in [4.69, 9.17) is 9.47 Å². The first kappa shape index (κ1) is 20.8. The highest BCUT2D eigenvalue weighted by molar-refractivity contribution is 5.65. The maximum Gasteiger partial charge on any atom is 0.200 e. The molecule has 0 saturated heterocycles. The summed E-state index contributed by atoms with van der Waals surface area (Å²) >= 11 is 0. The first-order chi connectivity index (χ1) is 14.0. The van der Waals surface area contributed by atoms with Crippen molar-refractivity contribution in [2.45, 2.75) is 33.3 Å². The van der Waals surface area contributed by atoms with Gasteiger partial charge in [0, 0.05) is 11.6 Å². The molecule has 152 valence electrons. The monoisotopic (exact) mass is 400 g/mol. The van der Waals surface area contributed by atoms with Crippen molar-refractivity contribution in [1.29, 1.82) is 0 Å². The highest BCUT2D eigenvalue weighted by Crippen LogP contribution is 2.27. The fraction of sp³-hybridized carbons (Fsp3) is 0.250. The average Bonchev–Trinajstić information content (AvgIpc) is 2.72. The summed E-state index contributed by atoms with van der Waals surface area (Å²) in [6.45, 7) is 4.20. The minimum atomic E-state index is -0.995. The molecule has 3 aromatic carbocycles. The van der Waals surface area contributed by atoms with Crippen LogP contribution >= 0.6 is 0 Å². The van der Waals surface area contributed by atoms with Crippen LogP contribution < -0.4 is 9.47 Å². The van der Waals surface area contributed by atoms with Gasteiger partial charge < -0.3 is 9.47 Å². The predicted molar refractivity (Wildman–Crippen MR) is 108 cm³/mol. The predicted octanol–water partition coefficient (Wildman–Crippen LogP) is 6.84. The van der Waals surface area contributed by atoms with Gasteiger partial charge in [0.05, 0.1) is 6.61 Å². The number of aryl methyl sites for hydroxylation is 1. The average molecular weight is 400 g/mol. The van der Waals surface area contributed by atoms with E-state index in [1.807, 2.05) is 0 Å². The van der Waals surface area contributed by atoms with Gasteiger partial charge in [-0.15, -0.1) is 0 Å². The Morgan fingerprint density at radius 3 is 2.28 bits per heavy atom. The summed E-state index contributed by atoms with van der Waals surface area (Å²) in [6, 6.07) is 14.8. The molecule has 0 spiro atoms. The Hall–Kier alpha value is -2.95. The van der Waals surface area contributed by atoms with Crippen LogP contribution in [0.25, 0.3) is 11.1 Å². The van der Waals surface area contributed by atoms with Gasteiger partial charge in [-0.3, -0.25) is 0 Å². The zero-order chi connectivity index (χ0) is 20.8. The highest BCUT2D eigenvalue weighted by atomic mass is 19.2. The minimum Gasteiger partial charge on any atom is -0.493 e. The second-order valence-electron chi connectivity index (χ2n) is 6.84. The summed E-state index contributed by atoms with van der Waals surface area (Å²) in [5.74, 6) is -1.89. The van der Waals surface area contributed by atoms with Gasteiger partial charge >= 0.3 is 0 Å². The molecule has 0 atom stereocenters. The van der Waals surface area contributed by atoms with Gasteiger partial charge in [0.1, 0.15) is 18.2 Å². The summed E-state index contributed by atoms with van der Waals surface area (Å²) in [5, 5.41) is 0. The Morgan fingerprint density at radius 1 is 0.828 bits per heavy atom. The van der Waals surface area contributed by atoms with Crippen LogP contribution in [0.15, 0.2) is 54.6 Å². The summed E-state index contributed by atoms with van der Waals surface area (Å²) in [4.78, 5) is 0. The van der Waals surface area contributed by atoms with E-state index in [0.717, 1.165) is 18.4 Å². The second-order valence-corrected chi connectivity index (χ2v) is 6.84. The maximum atomic E-state index is 14.4. The lowest BCUT2D eigenvalue weighted by Crippen LogP contribution is -2.00. The van der Waals surface area contributed by atoms with Crippen molar-refractivity contribution in [3.8, 4) is 22.6 Å². The number of hydrogen-bond acceptors (Lipinski definition) is 2. The highest BCUT2D eigenvalue weighted by Gasteiger charge is 2.12. The molecule has 0 aliphatic carbocycles. The summed E-state index contributed by atoms with van der Waals surface area (Å²) < 4.78 is 52.8. The van der Waals surface area contributed by atoms with Gasteiger partial charge in [-0.25, -0.2) is 8.78 Å². The third-order valence-electron chi connectivity index (χ3n) is 4.61. The topological polar surface area (TPSA) is 18.5 Å². The van der Waals surface area contributed by atoms with Crippen molar-refractivity contribution in [3.05, 3.63) is 83.2 Å². The number of benzene rings is 3. The Morgan fingerprint density at radius 2 is 1.59 bits per heavy atom. The third-order valence-corrected chi connectivity index (χ3v) is 4.61. The molecule has 2 nitrogen and oxygen atoms in total. The lowest BCUT2D eigenvalue weighted by Gasteiger charge is -2.11. The minimum absolute atomic E-state index is 0.0758. The Bertz CT molecular complexity index is 969. The van der Waals surface area contributed by atoms with Gasteiger partial charge in [-0.05, 0) is 48.2 Å². The van der Waals surface area contributed by atoms with Crippen LogP contribution in [-0.4, -0.2) is 6.61 Å². The van der Waals surface area contributed by atoms with E-state index >= 15 is 0 Å². The lowest BCUT2D eigenvalue weighted by atomic mass is 10.0. The Balaban J connectivity index is 1.66. The van der Waals surface area contributed by atoms with E-state index in [9.17, 15) is 13.2 Å². The molecule has 0 saturated carbocycles. The molecule has 0 radical (unpaired) electrons. The zero-order valence-electron chi connectivity index (χ0n) is 16.5. The quantitative estimate of drug-likeness (QED) is 0.386. The Kier molecular flexibility index (Phi) is 6.81. The first-order valence-corrected chi connectivity index (χ1v) is 9.58. The number of ether oxygens (including phenoxy) is 2. The molecule has 0 N–H and O–H groups in total. The van der Waals surface area contributed by atoms with Gasteiger partial charge in [-0.2, -0.15) is 4.39 Å². The number of unbranched alkanes of at least 4 members (excludes halogenated alkanes) is 1. The molecule has 0 aliphatic heterocycles. The largest absolute Gasteiger partial charge is 0.493 e. The normalized spacial score (nSPS) is 10.8. The molecular weight excluding hydrogens is 377 g/mol. The van der Waals surface area contributed by atoms with E-state index in [-0.39, 0.29) is 23.7 Å². The van der Waals surface area contributed by atoms with Crippen molar-refractivity contribution >= 4 is 0 Å². The third kappa shape index (κ3) is 5.11. The maximum absolute atomic E-state index is 14.4. The molecule has 0 heterocycles. The van der Waals surface area contributed by atoms with Gasteiger partial charge in [0.25, 0.3) is 0 Å². The van der Waals surface area contributed by atoms with Crippen LogP contribution in [0.2, 0.25) is 0 Å². The van der Waals surface area contributed by atoms with Crippen LogP contribution in [0.1, 0.15) is 30.9 Å². The van der Waals surface area contributed by atoms with Gasteiger partial charge in [0.15, 0.2) is 11.6 Å². The fourth-order valence-electron chi connectivity index (χ4n) is 2.84. The lowest BCUT2D eigenvalue weighted by molar-refractivity contribution is 0.284. The van der Waals surface area contributed by atoms with E-state index in [2.05, 4.69) is 6.92 Å². The van der Waals surface area contributed by atoms with Crippen LogP contribution in [0, 0.1) is 24.4 Å². The standard InChI is InChI=1S/C24H23F3O2/c1-3-4-13-28-19-10-11-20(21(25)14-19)18-8-6-17(7-9-18)15-29-22-12-5-16(2)23(26)24(22)27/h5-12,14H,3-4,13,15H2,1-2H3. The fourth-order valence-corrected chi connectivity index (χ4v) is 2.84. The molecule has 0 aromatic heterocycles. The number of rotatable bonds is 8. The second kappa shape index (κ2) is 9.50. The Labute approximate surface area is 168 Å². The molecule has 0 amide bonds. The summed E-state index contributed by atoms with van der Waals surface area (Å²) in [7, 11) is 0. The van der Waals surface area contributed by atoms with Crippen LogP contribution in [0.3, 0.4) is 0 Å². The van der Waals surface area contributed by atoms with Gasteiger partial charge in [-0.1, -0.05) is 43.7 Å². The molecule has 0 aliphatic rings. The van der Waals surface area contributed by atoms with E-state index in [1.54, 1.807) is 36.4 Å². The van der Waals surface area contributed by atoms with Crippen molar-refractivity contribution < 1.29 is 22.6 Å². The van der Waals surface area contributed by atoms with Crippen molar-refractivity contribution in [3.63, 3.8) is 0 Å². The molecule has 3 rings (SSSR count). The molecule has 0 unspecified atom stereocenters.